The first-order chi connectivity index (χ1) is 11.5. The van der Waals surface area contributed by atoms with E-state index in [0.717, 1.165) is 31.0 Å². The van der Waals surface area contributed by atoms with Gasteiger partial charge in [-0.15, -0.1) is 0 Å². The van der Waals surface area contributed by atoms with Crippen LogP contribution in [0.15, 0.2) is 36.5 Å². The summed E-state index contributed by atoms with van der Waals surface area (Å²) in [7, 11) is 1.86. The number of piperidine rings is 1. The molecule has 3 rings (SSSR count). The van der Waals surface area contributed by atoms with E-state index >= 15 is 0 Å². The first-order valence-corrected chi connectivity index (χ1v) is 8.50. The quantitative estimate of drug-likeness (QED) is 0.858. The maximum atomic E-state index is 12.6. The Labute approximate surface area is 147 Å². The fourth-order valence-corrected chi connectivity index (χ4v) is 3.21. The second-order valence-corrected chi connectivity index (χ2v) is 6.54. The predicted octanol–water partition coefficient (Wildman–Crippen LogP) is 3.18. The van der Waals surface area contributed by atoms with Gasteiger partial charge in [-0.2, -0.15) is 0 Å². The molecular weight excluding hydrogens is 324 g/mol. The van der Waals surface area contributed by atoms with Crippen molar-refractivity contribution in [3.63, 3.8) is 0 Å². The molecule has 2 heterocycles. The summed E-state index contributed by atoms with van der Waals surface area (Å²) in [6.07, 6.45) is 3.51. The number of benzene rings is 1. The van der Waals surface area contributed by atoms with Gasteiger partial charge < -0.3 is 9.80 Å². The van der Waals surface area contributed by atoms with Gasteiger partial charge in [0.2, 0.25) is 0 Å². The molecule has 1 aromatic carbocycles. The molecule has 0 atom stereocenters. The Bertz CT molecular complexity index is 711. The Morgan fingerprint density at radius 1 is 1.21 bits per heavy atom. The average Bonchev–Trinajstić information content (AvgIpc) is 2.61. The van der Waals surface area contributed by atoms with Gasteiger partial charge in [-0.25, -0.2) is 9.97 Å². The Kier molecular flexibility index (Phi) is 5.00. The number of carbonyl (C=O) groups excluding carboxylic acids is 1. The molecule has 1 saturated heterocycles. The van der Waals surface area contributed by atoms with Crippen LogP contribution in [0.1, 0.15) is 29.2 Å². The standard InChI is InChI=1S/C18H21ClN4O/c1-13-20-10-7-17(21-13)18(24)22(2)15-8-11-23(12-9-15)16-5-3-14(19)4-6-16/h3-7,10,15H,8-9,11-12H2,1-2H3. The lowest BCUT2D eigenvalue weighted by molar-refractivity contribution is 0.0703. The predicted molar refractivity (Wildman–Crippen MR) is 95.5 cm³/mol. The molecule has 2 aromatic rings. The van der Waals surface area contributed by atoms with Crippen molar-refractivity contribution < 1.29 is 4.79 Å². The highest BCUT2D eigenvalue weighted by Crippen LogP contribution is 2.24. The largest absolute Gasteiger partial charge is 0.371 e. The summed E-state index contributed by atoms with van der Waals surface area (Å²) in [5, 5.41) is 0.749. The first-order valence-electron chi connectivity index (χ1n) is 8.12. The molecular formula is C18H21ClN4O. The normalized spacial score (nSPS) is 15.4. The van der Waals surface area contributed by atoms with Crippen molar-refractivity contribution in [1.29, 1.82) is 0 Å². The topological polar surface area (TPSA) is 49.3 Å². The van der Waals surface area contributed by atoms with E-state index < -0.39 is 0 Å². The van der Waals surface area contributed by atoms with E-state index in [-0.39, 0.29) is 11.9 Å². The van der Waals surface area contributed by atoms with Gasteiger partial charge >= 0.3 is 0 Å². The summed E-state index contributed by atoms with van der Waals surface area (Å²) in [4.78, 5) is 25.0. The Balaban J connectivity index is 1.61. The minimum atomic E-state index is -0.0366. The van der Waals surface area contributed by atoms with Crippen LogP contribution in [0.4, 0.5) is 5.69 Å². The number of carbonyl (C=O) groups is 1. The molecule has 0 saturated carbocycles. The second kappa shape index (κ2) is 7.18. The number of amides is 1. The third-order valence-corrected chi connectivity index (χ3v) is 4.77. The summed E-state index contributed by atoms with van der Waals surface area (Å²) in [6, 6.07) is 9.82. The van der Waals surface area contributed by atoms with E-state index in [4.69, 9.17) is 11.6 Å². The SMILES string of the molecule is Cc1nccc(C(=O)N(C)C2CCN(c3ccc(Cl)cc3)CC2)n1. The number of aryl methyl sites for hydroxylation is 1. The highest BCUT2D eigenvalue weighted by atomic mass is 35.5. The molecule has 1 aromatic heterocycles. The molecule has 0 radical (unpaired) electrons. The van der Waals surface area contributed by atoms with Crippen LogP contribution in [0.3, 0.4) is 0 Å². The monoisotopic (exact) mass is 344 g/mol. The molecule has 6 heteroatoms. The zero-order chi connectivity index (χ0) is 17.1. The van der Waals surface area contributed by atoms with Gasteiger partial charge in [0.25, 0.3) is 5.91 Å². The van der Waals surface area contributed by atoms with Crippen LogP contribution in [0.5, 0.6) is 0 Å². The maximum Gasteiger partial charge on any atom is 0.272 e. The number of hydrogen-bond acceptors (Lipinski definition) is 4. The van der Waals surface area contributed by atoms with E-state index in [0.29, 0.717) is 11.5 Å². The molecule has 1 aliphatic heterocycles. The molecule has 126 valence electrons. The second-order valence-electron chi connectivity index (χ2n) is 6.10. The van der Waals surface area contributed by atoms with Gasteiger partial charge in [0.15, 0.2) is 0 Å². The van der Waals surface area contributed by atoms with Gasteiger partial charge in [-0.1, -0.05) is 11.6 Å². The Hall–Kier alpha value is -2.14. The van der Waals surface area contributed by atoms with Gasteiger partial charge in [-0.3, -0.25) is 4.79 Å². The molecule has 1 amide bonds. The Morgan fingerprint density at radius 2 is 1.88 bits per heavy atom. The van der Waals surface area contributed by atoms with E-state index in [2.05, 4.69) is 14.9 Å². The molecule has 0 bridgehead atoms. The maximum absolute atomic E-state index is 12.6. The summed E-state index contributed by atoms with van der Waals surface area (Å²) in [5.41, 5.74) is 1.64. The summed E-state index contributed by atoms with van der Waals surface area (Å²) in [6.45, 7) is 3.64. The smallest absolute Gasteiger partial charge is 0.272 e. The minimum absolute atomic E-state index is 0.0366. The van der Waals surface area contributed by atoms with Crippen LogP contribution in [0, 0.1) is 6.92 Å². The van der Waals surface area contributed by atoms with Gasteiger partial charge in [-0.05, 0) is 50.1 Å². The molecule has 0 aliphatic carbocycles. The van der Waals surface area contributed by atoms with E-state index in [1.165, 1.54) is 5.69 Å². The summed E-state index contributed by atoms with van der Waals surface area (Å²) < 4.78 is 0. The highest BCUT2D eigenvalue weighted by Gasteiger charge is 2.26. The molecule has 1 aliphatic rings. The van der Waals surface area contributed by atoms with Gasteiger partial charge in [0.1, 0.15) is 11.5 Å². The first kappa shape index (κ1) is 16.7. The van der Waals surface area contributed by atoms with Crippen molar-refractivity contribution in [2.75, 3.05) is 25.0 Å². The summed E-state index contributed by atoms with van der Waals surface area (Å²) >= 11 is 5.95. The number of hydrogen-bond donors (Lipinski definition) is 0. The third kappa shape index (κ3) is 3.67. The van der Waals surface area contributed by atoms with Crippen molar-refractivity contribution in [1.82, 2.24) is 14.9 Å². The van der Waals surface area contributed by atoms with Crippen LogP contribution in [0.25, 0.3) is 0 Å². The number of halogens is 1. The van der Waals surface area contributed by atoms with Crippen molar-refractivity contribution in [2.24, 2.45) is 0 Å². The van der Waals surface area contributed by atoms with Crippen LogP contribution in [0.2, 0.25) is 5.02 Å². The molecule has 0 N–H and O–H groups in total. The third-order valence-electron chi connectivity index (χ3n) is 4.52. The van der Waals surface area contributed by atoms with Crippen LogP contribution in [-0.2, 0) is 0 Å². The van der Waals surface area contributed by atoms with Crippen molar-refractivity contribution in [3.05, 3.63) is 53.1 Å². The number of aromatic nitrogens is 2. The summed E-state index contributed by atoms with van der Waals surface area (Å²) in [5.74, 6) is 0.581. The van der Waals surface area contributed by atoms with Gasteiger partial charge in [0, 0.05) is 43.1 Å². The fourth-order valence-electron chi connectivity index (χ4n) is 3.09. The molecule has 1 fully saturated rings. The van der Waals surface area contributed by atoms with Crippen LogP contribution in [-0.4, -0.2) is 47.0 Å². The van der Waals surface area contributed by atoms with Crippen molar-refractivity contribution in [2.45, 2.75) is 25.8 Å². The number of nitrogens with zero attached hydrogens (tertiary/aromatic N) is 4. The fraction of sp³-hybridized carbons (Fsp3) is 0.389. The average molecular weight is 345 g/mol. The molecule has 0 spiro atoms. The molecule has 0 unspecified atom stereocenters. The number of anilines is 1. The zero-order valence-corrected chi connectivity index (χ0v) is 14.7. The Morgan fingerprint density at radius 3 is 2.50 bits per heavy atom. The molecule has 24 heavy (non-hydrogen) atoms. The van der Waals surface area contributed by atoms with E-state index in [1.54, 1.807) is 19.2 Å². The molecule has 5 nitrogen and oxygen atoms in total. The van der Waals surface area contributed by atoms with Crippen LogP contribution < -0.4 is 4.90 Å². The van der Waals surface area contributed by atoms with Gasteiger partial charge in [0.05, 0.1) is 0 Å². The number of rotatable bonds is 3. The lowest BCUT2D eigenvalue weighted by Gasteiger charge is -2.37. The van der Waals surface area contributed by atoms with Crippen molar-refractivity contribution >= 4 is 23.2 Å². The van der Waals surface area contributed by atoms with E-state index in [1.807, 2.05) is 36.2 Å². The van der Waals surface area contributed by atoms with Crippen molar-refractivity contribution in [3.8, 4) is 0 Å². The van der Waals surface area contributed by atoms with E-state index in [9.17, 15) is 4.79 Å². The highest BCUT2D eigenvalue weighted by molar-refractivity contribution is 6.30. The van der Waals surface area contributed by atoms with Crippen LogP contribution >= 0.6 is 11.6 Å². The lowest BCUT2D eigenvalue weighted by atomic mass is 10.0. The lowest BCUT2D eigenvalue weighted by Crippen LogP contribution is -2.45. The minimum Gasteiger partial charge on any atom is -0.371 e. The zero-order valence-electron chi connectivity index (χ0n) is 13.9.